The largest absolute Gasteiger partial charge is 0.464 e. The Morgan fingerprint density at radius 3 is 3.06 bits per heavy atom. The quantitative estimate of drug-likeness (QED) is 0.750. The average Bonchev–Trinajstić information content (AvgIpc) is 2.86. The van der Waals surface area contributed by atoms with E-state index in [0.717, 1.165) is 0 Å². The molecule has 0 unspecified atom stereocenters. The molecule has 3 rings (SSSR count). The third-order valence-corrected chi connectivity index (χ3v) is 3.89. The van der Waals surface area contributed by atoms with Crippen LogP contribution in [0.4, 0.5) is 0 Å². The van der Waals surface area contributed by atoms with E-state index in [-0.39, 0.29) is 17.9 Å². The Morgan fingerprint density at radius 2 is 2.28 bits per heavy atom. The Kier molecular flexibility index (Phi) is 2.47. The molecule has 2 aliphatic rings. The summed E-state index contributed by atoms with van der Waals surface area (Å²) >= 11 is 0. The minimum atomic E-state index is -0.806. The van der Waals surface area contributed by atoms with Crippen molar-refractivity contribution in [2.45, 2.75) is 37.8 Å². The second-order valence-electron chi connectivity index (χ2n) is 4.95. The van der Waals surface area contributed by atoms with Gasteiger partial charge in [0.05, 0.1) is 12.6 Å². The second-order valence-corrected chi connectivity index (χ2v) is 4.95. The molecule has 18 heavy (non-hydrogen) atoms. The molecule has 1 aromatic rings. The number of carbonyl (C=O) groups is 1. The third-order valence-electron chi connectivity index (χ3n) is 3.89. The molecule has 0 saturated carbocycles. The molecule has 1 aliphatic heterocycles. The molecule has 0 amide bonds. The first kappa shape index (κ1) is 11.4. The van der Waals surface area contributed by atoms with Crippen molar-refractivity contribution in [2.24, 2.45) is 10.2 Å². The smallest absolute Gasteiger partial charge is 0.337 e. The van der Waals surface area contributed by atoms with Crippen molar-refractivity contribution >= 4 is 5.97 Å². The number of hydrogen-bond donors (Lipinski definition) is 0. The molecule has 0 radical (unpaired) electrons. The molecule has 0 spiro atoms. The fourth-order valence-corrected chi connectivity index (χ4v) is 3.17. The fourth-order valence-electron chi connectivity index (χ4n) is 3.17. The molecule has 94 valence electrons. The maximum absolute atomic E-state index is 12.3. The van der Waals surface area contributed by atoms with Crippen LogP contribution in [0.25, 0.3) is 0 Å². The van der Waals surface area contributed by atoms with Gasteiger partial charge in [0.25, 0.3) is 0 Å². The topological polar surface area (TPSA) is 51.0 Å². The number of ether oxygens (including phenoxy) is 1. The Hall–Kier alpha value is -1.71. The summed E-state index contributed by atoms with van der Waals surface area (Å²) < 4.78 is 5.22. The molecule has 0 fully saturated rings. The molecule has 1 heterocycles. The summed E-state index contributed by atoms with van der Waals surface area (Å²) in [5, 5.41) is 8.51. The van der Waals surface area contributed by atoms with Gasteiger partial charge in [-0.1, -0.05) is 24.3 Å². The highest BCUT2D eigenvalue weighted by atomic mass is 16.5. The van der Waals surface area contributed by atoms with Crippen molar-refractivity contribution in [2.75, 3.05) is 6.61 Å². The number of carbonyl (C=O) groups excluding carboxylic acids is 1. The van der Waals surface area contributed by atoms with E-state index >= 15 is 0 Å². The van der Waals surface area contributed by atoms with Crippen molar-refractivity contribution < 1.29 is 9.53 Å². The molecule has 0 aromatic heterocycles. The van der Waals surface area contributed by atoms with Crippen LogP contribution in [-0.2, 0) is 16.0 Å². The molecular weight excluding hydrogens is 228 g/mol. The lowest BCUT2D eigenvalue weighted by atomic mass is 9.82. The number of fused-ring (bicyclic) bond motifs is 3. The van der Waals surface area contributed by atoms with Gasteiger partial charge in [0, 0.05) is 12.3 Å². The molecule has 1 aromatic carbocycles. The summed E-state index contributed by atoms with van der Waals surface area (Å²) in [6.07, 6.45) is 0.612. The minimum absolute atomic E-state index is 0.0350. The number of rotatable bonds is 2. The van der Waals surface area contributed by atoms with Gasteiger partial charge >= 0.3 is 5.97 Å². The van der Waals surface area contributed by atoms with Crippen LogP contribution in [0.1, 0.15) is 30.9 Å². The van der Waals surface area contributed by atoms with Crippen molar-refractivity contribution in [1.82, 2.24) is 0 Å². The normalized spacial score (nSPS) is 32.1. The predicted molar refractivity (Wildman–Crippen MR) is 66.6 cm³/mol. The van der Waals surface area contributed by atoms with Crippen molar-refractivity contribution in [1.29, 1.82) is 0 Å². The number of hydrogen-bond acceptors (Lipinski definition) is 4. The van der Waals surface area contributed by atoms with Crippen LogP contribution in [0.2, 0.25) is 0 Å². The van der Waals surface area contributed by atoms with Crippen LogP contribution in [-0.4, -0.2) is 24.2 Å². The van der Waals surface area contributed by atoms with Gasteiger partial charge < -0.3 is 4.74 Å². The zero-order valence-electron chi connectivity index (χ0n) is 10.6. The van der Waals surface area contributed by atoms with Gasteiger partial charge in [-0.2, -0.15) is 10.2 Å². The predicted octanol–water partition coefficient (Wildman–Crippen LogP) is 2.48. The summed E-state index contributed by atoms with van der Waals surface area (Å²) in [6.45, 7) is 4.21. The van der Waals surface area contributed by atoms with Gasteiger partial charge in [-0.05, 0) is 25.0 Å². The van der Waals surface area contributed by atoms with Crippen LogP contribution < -0.4 is 0 Å². The lowest BCUT2D eigenvalue weighted by Crippen LogP contribution is -2.42. The Balaban J connectivity index is 2.07. The molecule has 1 aliphatic carbocycles. The van der Waals surface area contributed by atoms with Gasteiger partial charge in [-0.25, -0.2) is 4.79 Å². The summed E-state index contributed by atoms with van der Waals surface area (Å²) in [5.74, 6) is -0.202. The van der Waals surface area contributed by atoms with Crippen LogP contribution in [0.3, 0.4) is 0 Å². The maximum atomic E-state index is 12.3. The van der Waals surface area contributed by atoms with E-state index in [0.29, 0.717) is 13.0 Å². The van der Waals surface area contributed by atoms with Gasteiger partial charge in [0.15, 0.2) is 5.54 Å². The maximum Gasteiger partial charge on any atom is 0.337 e. The van der Waals surface area contributed by atoms with Crippen LogP contribution in [0, 0.1) is 0 Å². The standard InChI is InChI=1S/C14H16N2O2/c1-3-18-13(17)14-8-10-6-4-5-7-11(10)12(14)9(2)15-16-14/h4-7,9,12H,3,8H2,1-2H3/t9-,12-,14+/m1/s1. The van der Waals surface area contributed by atoms with E-state index in [1.165, 1.54) is 11.1 Å². The first-order valence-corrected chi connectivity index (χ1v) is 6.36. The number of esters is 1. The summed E-state index contributed by atoms with van der Waals surface area (Å²) in [6, 6.07) is 8.19. The SMILES string of the molecule is CCOC(=O)[C@]12Cc3ccccc3[C@H]1[C@@H](C)N=N2. The van der Waals surface area contributed by atoms with E-state index < -0.39 is 5.54 Å². The summed E-state index contributed by atoms with van der Waals surface area (Å²) in [5.41, 5.74) is 1.59. The third kappa shape index (κ3) is 1.35. The Labute approximate surface area is 106 Å². The first-order chi connectivity index (χ1) is 8.69. The van der Waals surface area contributed by atoms with Gasteiger partial charge in [-0.15, -0.1) is 0 Å². The molecule has 4 nitrogen and oxygen atoms in total. The van der Waals surface area contributed by atoms with Crippen molar-refractivity contribution in [3.8, 4) is 0 Å². The first-order valence-electron chi connectivity index (χ1n) is 6.36. The zero-order valence-corrected chi connectivity index (χ0v) is 10.6. The van der Waals surface area contributed by atoms with E-state index in [2.05, 4.69) is 22.4 Å². The minimum Gasteiger partial charge on any atom is -0.464 e. The monoisotopic (exact) mass is 244 g/mol. The molecule has 3 atom stereocenters. The van der Waals surface area contributed by atoms with Crippen molar-refractivity contribution in [3.63, 3.8) is 0 Å². The van der Waals surface area contributed by atoms with E-state index in [4.69, 9.17) is 4.74 Å². The highest BCUT2D eigenvalue weighted by molar-refractivity contribution is 5.85. The second kappa shape index (κ2) is 3.90. The summed E-state index contributed by atoms with van der Waals surface area (Å²) in [4.78, 5) is 12.3. The molecule has 4 heteroatoms. The van der Waals surface area contributed by atoms with E-state index in [1.54, 1.807) is 0 Å². The highest BCUT2D eigenvalue weighted by Gasteiger charge is 2.58. The van der Waals surface area contributed by atoms with Crippen molar-refractivity contribution in [3.05, 3.63) is 35.4 Å². The zero-order chi connectivity index (χ0) is 12.8. The van der Waals surface area contributed by atoms with E-state index in [1.807, 2.05) is 26.0 Å². The average molecular weight is 244 g/mol. The fraction of sp³-hybridized carbons (Fsp3) is 0.500. The van der Waals surface area contributed by atoms with Gasteiger partial charge in [0.1, 0.15) is 0 Å². The Morgan fingerprint density at radius 1 is 1.50 bits per heavy atom. The molecular formula is C14H16N2O2. The van der Waals surface area contributed by atoms with Crippen LogP contribution >= 0.6 is 0 Å². The lowest BCUT2D eigenvalue weighted by molar-refractivity contribution is -0.149. The highest BCUT2D eigenvalue weighted by Crippen LogP contribution is 2.50. The van der Waals surface area contributed by atoms with E-state index in [9.17, 15) is 4.79 Å². The number of azo groups is 1. The summed E-state index contributed by atoms with van der Waals surface area (Å²) in [7, 11) is 0. The lowest BCUT2D eigenvalue weighted by Gasteiger charge is -2.24. The Bertz CT molecular complexity index is 526. The van der Waals surface area contributed by atoms with Crippen LogP contribution in [0.15, 0.2) is 34.5 Å². The molecule has 0 N–H and O–H groups in total. The molecule has 0 bridgehead atoms. The number of benzene rings is 1. The number of nitrogens with zero attached hydrogens (tertiary/aromatic N) is 2. The van der Waals surface area contributed by atoms with Crippen LogP contribution in [0.5, 0.6) is 0 Å². The van der Waals surface area contributed by atoms with Gasteiger partial charge in [0.2, 0.25) is 0 Å². The molecule has 0 saturated heterocycles. The van der Waals surface area contributed by atoms with Gasteiger partial charge in [-0.3, -0.25) is 0 Å².